The fourth-order valence-corrected chi connectivity index (χ4v) is 8.48. The van der Waals surface area contributed by atoms with Crippen molar-refractivity contribution in [2.24, 2.45) is 0 Å². The number of ether oxygens (including phenoxy) is 2. The summed E-state index contributed by atoms with van der Waals surface area (Å²) in [5, 5.41) is 1.54. The molecular formula is C23H37ClO2PPd. The van der Waals surface area contributed by atoms with Gasteiger partial charge in [-0.25, -0.2) is 0 Å². The Kier molecular flexibility index (Phi) is 12.5. The van der Waals surface area contributed by atoms with Crippen molar-refractivity contribution in [1.29, 1.82) is 0 Å². The maximum absolute atomic E-state index is 5.89. The van der Waals surface area contributed by atoms with Crippen LogP contribution in [0, 0.1) is 0 Å². The van der Waals surface area contributed by atoms with Crippen LogP contribution in [-0.2, 0) is 19.2 Å². The average Bonchev–Trinajstić information content (AvgIpc) is 2.71. The number of benzene rings is 1. The van der Waals surface area contributed by atoms with Crippen molar-refractivity contribution >= 4 is 24.8 Å². The van der Waals surface area contributed by atoms with Gasteiger partial charge in [-0.3, -0.25) is 0 Å². The summed E-state index contributed by atoms with van der Waals surface area (Å²) in [6.07, 6.45) is 14.3. The van der Waals surface area contributed by atoms with Crippen LogP contribution in [0.5, 0.6) is 11.5 Å². The molecule has 0 radical (unpaired) electrons. The van der Waals surface area contributed by atoms with Gasteiger partial charge < -0.3 is 9.47 Å². The van der Waals surface area contributed by atoms with Crippen molar-refractivity contribution < 1.29 is 28.7 Å². The molecule has 0 aromatic heterocycles. The molecule has 163 valence electrons. The molecule has 2 aliphatic carbocycles. The molecule has 1 aromatic rings. The van der Waals surface area contributed by atoms with Gasteiger partial charge in [-0.15, -0.1) is 0 Å². The summed E-state index contributed by atoms with van der Waals surface area (Å²) < 4.78 is 12.3. The molecule has 0 saturated heterocycles. The summed E-state index contributed by atoms with van der Waals surface area (Å²) in [7, 11) is -0.106. The molecule has 3 rings (SSSR count). The van der Waals surface area contributed by atoms with Crippen LogP contribution in [0.2, 0.25) is 0 Å². The number of rotatable bonds is 7. The first-order valence-electron chi connectivity index (χ1n) is 11.0. The van der Waals surface area contributed by atoms with E-state index in [1.165, 1.54) is 64.2 Å². The molecule has 0 spiro atoms. The van der Waals surface area contributed by atoms with E-state index in [9.17, 15) is 0 Å². The molecule has 2 aliphatic rings. The van der Waals surface area contributed by atoms with Gasteiger partial charge in [0.2, 0.25) is 0 Å². The summed E-state index contributed by atoms with van der Waals surface area (Å²) in [5.74, 6) is 2.00. The zero-order chi connectivity index (χ0) is 20.2. The van der Waals surface area contributed by atoms with Crippen LogP contribution in [-0.4, -0.2) is 28.9 Å². The summed E-state index contributed by atoms with van der Waals surface area (Å²) in [6.45, 7) is 5.58. The molecule has 28 heavy (non-hydrogen) atoms. The van der Waals surface area contributed by atoms with Gasteiger partial charge in [-0.2, -0.15) is 0 Å². The van der Waals surface area contributed by atoms with Gasteiger partial charge in [0.15, 0.2) is 0 Å². The predicted octanol–water partition coefficient (Wildman–Crippen LogP) is 6.99. The second-order valence-corrected chi connectivity index (χ2v) is 11.8. The van der Waals surface area contributed by atoms with Crippen LogP contribution in [0.3, 0.4) is 0 Å². The van der Waals surface area contributed by atoms with Crippen molar-refractivity contribution in [3.05, 3.63) is 18.2 Å². The van der Waals surface area contributed by atoms with Gasteiger partial charge in [-0.05, 0) is 68.3 Å². The first kappa shape index (κ1) is 24.5. The summed E-state index contributed by atoms with van der Waals surface area (Å²) >= 11 is 7.64. The fraction of sp³-hybridized carbons (Fsp3) is 0.739. The van der Waals surface area contributed by atoms with Crippen LogP contribution in [0.1, 0.15) is 78.1 Å². The average molecular weight is 518 g/mol. The minimum absolute atomic E-state index is 0.106. The van der Waals surface area contributed by atoms with E-state index in [1.54, 1.807) is 5.30 Å². The van der Waals surface area contributed by atoms with Crippen molar-refractivity contribution in [3.8, 4) is 11.5 Å². The molecule has 0 aliphatic heterocycles. The molecule has 2 nitrogen and oxygen atoms in total. The Labute approximate surface area is 189 Å². The SMILES string of the molecule is CCOc1cc(OCC)cc(P(C2CCCCC2)C2CCCCC2)c1.Cl[CH2][Pd]. The Bertz CT molecular complexity index is 503. The molecule has 2 saturated carbocycles. The Morgan fingerprint density at radius 3 is 1.57 bits per heavy atom. The number of hydrogen-bond acceptors (Lipinski definition) is 2. The third-order valence-electron chi connectivity index (χ3n) is 5.72. The van der Waals surface area contributed by atoms with E-state index in [1.807, 2.05) is 0 Å². The molecule has 2 fully saturated rings. The fourth-order valence-electron chi connectivity index (χ4n) is 4.64. The first-order chi connectivity index (χ1) is 13.7. The second kappa shape index (κ2) is 14.2. The molecule has 0 heterocycles. The molecule has 0 bridgehead atoms. The summed E-state index contributed by atoms with van der Waals surface area (Å²) in [5.41, 5.74) is 1.83. The molecular weight excluding hydrogens is 481 g/mol. The zero-order valence-corrected chi connectivity index (χ0v) is 20.7. The summed E-state index contributed by atoms with van der Waals surface area (Å²) in [6, 6.07) is 6.77. The minimum atomic E-state index is -0.106. The Hall–Kier alpha value is 0.202. The van der Waals surface area contributed by atoms with Gasteiger partial charge >= 0.3 is 35.2 Å². The molecule has 0 N–H and O–H groups in total. The second-order valence-electron chi connectivity index (χ2n) is 7.60. The van der Waals surface area contributed by atoms with Gasteiger partial charge in [0, 0.05) is 6.07 Å². The van der Waals surface area contributed by atoms with Gasteiger partial charge in [-0.1, -0.05) is 46.4 Å². The van der Waals surface area contributed by atoms with Crippen molar-refractivity contribution in [3.63, 3.8) is 0 Å². The zero-order valence-electron chi connectivity index (χ0n) is 17.5. The number of hydrogen-bond donors (Lipinski definition) is 0. The van der Waals surface area contributed by atoms with E-state index in [2.05, 4.69) is 51.2 Å². The van der Waals surface area contributed by atoms with E-state index < -0.39 is 0 Å². The van der Waals surface area contributed by atoms with E-state index in [0.29, 0.717) is 4.35 Å². The van der Waals surface area contributed by atoms with Crippen molar-refractivity contribution in [2.75, 3.05) is 17.6 Å². The van der Waals surface area contributed by atoms with Gasteiger partial charge in [0.25, 0.3) is 0 Å². The quantitative estimate of drug-likeness (QED) is 0.220. The molecule has 0 unspecified atom stereocenters. The predicted molar refractivity (Wildman–Crippen MR) is 120 cm³/mol. The number of alkyl halides is 1. The Morgan fingerprint density at radius 2 is 1.21 bits per heavy atom. The van der Waals surface area contributed by atoms with Crippen LogP contribution >= 0.6 is 19.5 Å². The third-order valence-corrected chi connectivity index (χ3v) is 9.18. The van der Waals surface area contributed by atoms with Crippen molar-refractivity contribution in [2.45, 2.75) is 89.4 Å². The topological polar surface area (TPSA) is 18.5 Å². The normalized spacial score (nSPS) is 18.5. The standard InChI is InChI=1S/C22H35O2P.CH2Cl.Pd/c1-3-23-18-15-19(24-4-2)17-22(16-18)25(20-11-7-5-8-12-20)21-13-9-6-10-14-21;1-2;/h15-17,20-21H,3-14H2,1-2H3;1H2;. The van der Waals surface area contributed by atoms with E-state index in [-0.39, 0.29) is 7.92 Å². The van der Waals surface area contributed by atoms with Crippen LogP contribution in [0.15, 0.2) is 18.2 Å². The van der Waals surface area contributed by atoms with Crippen LogP contribution in [0.25, 0.3) is 0 Å². The Balaban J connectivity index is 0.000000878. The van der Waals surface area contributed by atoms with E-state index in [0.717, 1.165) is 36.0 Å². The van der Waals surface area contributed by atoms with Crippen LogP contribution < -0.4 is 14.8 Å². The van der Waals surface area contributed by atoms with E-state index in [4.69, 9.17) is 21.1 Å². The maximum atomic E-state index is 5.89. The molecule has 1 aromatic carbocycles. The molecule has 5 heteroatoms. The van der Waals surface area contributed by atoms with Gasteiger partial charge in [0.1, 0.15) is 11.5 Å². The molecule has 0 amide bonds. The first-order valence-corrected chi connectivity index (χ1v) is 14.1. The molecule has 0 atom stereocenters. The van der Waals surface area contributed by atoms with Crippen LogP contribution in [0.4, 0.5) is 0 Å². The third kappa shape index (κ3) is 7.80. The Morgan fingerprint density at radius 1 is 0.821 bits per heavy atom. The van der Waals surface area contributed by atoms with Crippen molar-refractivity contribution in [1.82, 2.24) is 0 Å². The summed E-state index contributed by atoms with van der Waals surface area (Å²) in [4.78, 5) is 0. The monoisotopic (exact) mass is 517 g/mol. The van der Waals surface area contributed by atoms with E-state index >= 15 is 0 Å². The van der Waals surface area contributed by atoms with Gasteiger partial charge in [0.05, 0.1) is 13.2 Å². The number of halogens is 1.